The first-order valence-corrected chi connectivity index (χ1v) is 10.6. The highest BCUT2D eigenvalue weighted by molar-refractivity contribution is 6.10. The van der Waals surface area contributed by atoms with Gasteiger partial charge < -0.3 is 15.5 Å². The molecule has 0 aromatic heterocycles. The van der Waals surface area contributed by atoms with Crippen LogP contribution in [0.5, 0.6) is 0 Å². The molecule has 1 saturated carbocycles. The molecule has 1 heterocycles. The highest BCUT2D eigenvalue weighted by Crippen LogP contribution is 2.30. The van der Waals surface area contributed by atoms with E-state index in [1.807, 2.05) is 36.1 Å². The number of amides is 3. The predicted molar refractivity (Wildman–Crippen MR) is 116 cm³/mol. The topological polar surface area (TPSA) is 78.5 Å². The number of hydrogen-bond acceptors (Lipinski definition) is 3. The molecule has 6 nitrogen and oxygen atoms in total. The maximum Gasteiger partial charge on any atom is 0.257 e. The van der Waals surface area contributed by atoms with E-state index in [-0.39, 0.29) is 36.1 Å². The number of hydrogen-bond donors (Lipinski definition) is 2. The SMILES string of the molecule is Cc1cccc(NC(=O)c2ccccc2NC(=O)[C@H]2CC(=O)N(C3CCCC3)C2)c1. The Morgan fingerprint density at radius 2 is 1.77 bits per heavy atom. The van der Waals surface area contributed by atoms with E-state index < -0.39 is 0 Å². The van der Waals surface area contributed by atoms with Gasteiger partial charge in [-0.3, -0.25) is 14.4 Å². The smallest absolute Gasteiger partial charge is 0.257 e. The molecule has 1 aliphatic heterocycles. The van der Waals surface area contributed by atoms with Crippen LogP contribution >= 0.6 is 0 Å². The molecule has 3 amide bonds. The molecular formula is C24H27N3O3. The number of anilines is 2. The van der Waals surface area contributed by atoms with E-state index in [1.165, 1.54) is 0 Å². The van der Waals surface area contributed by atoms with Gasteiger partial charge in [-0.25, -0.2) is 0 Å². The Bertz CT molecular complexity index is 966. The van der Waals surface area contributed by atoms with Crippen LogP contribution in [0.25, 0.3) is 0 Å². The maximum absolute atomic E-state index is 12.9. The summed E-state index contributed by atoms with van der Waals surface area (Å²) in [4.78, 5) is 40.0. The largest absolute Gasteiger partial charge is 0.339 e. The average Bonchev–Trinajstić information content (AvgIpc) is 3.38. The molecule has 2 fully saturated rings. The lowest BCUT2D eigenvalue weighted by molar-refractivity contribution is -0.129. The lowest BCUT2D eigenvalue weighted by Crippen LogP contribution is -2.35. The van der Waals surface area contributed by atoms with Crippen LogP contribution < -0.4 is 10.6 Å². The van der Waals surface area contributed by atoms with Crippen LogP contribution in [0.2, 0.25) is 0 Å². The van der Waals surface area contributed by atoms with Crippen LogP contribution in [0.15, 0.2) is 48.5 Å². The minimum Gasteiger partial charge on any atom is -0.339 e. The zero-order chi connectivity index (χ0) is 21.1. The van der Waals surface area contributed by atoms with Crippen LogP contribution in [-0.4, -0.2) is 35.2 Å². The molecule has 30 heavy (non-hydrogen) atoms. The highest BCUT2D eigenvalue weighted by atomic mass is 16.2. The molecule has 0 bridgehead atoms. The van der Waals surface area contributed by atoms with Crippen LogP contribution in [0.3, 0.4) is 0 Å². The third-order valence-corrected chi connectivity index (χ3v) is 6.00. The van der Waals surface area contributed by atoms with E-state index in [1.54, 1.807) is 24.3 Å². The first-order chi connectivity index (χ1) is 14.5. The zero-order valence-corrected chi connectivity index (χ0v) is 17.2. The van der Waals surface area contributed by atoms with Gasteiger partial charge >= 0.3 is 0 Å². The summed E-state index contributed by atoms with van der Waals surface area (Å²) in [5.41, 5.74) is 2.60. The maximum atomic E-state index is 12.9. The second-order valence-electron chi connectivity index (χ2n) is 8.24. The lowest BCUT2D eigenvalue weighted by Gasteiger charge is -2.24. The number of rotatable bonds is 5. The van der Waals surface area contributed by atoms with Crippen molar-refractivity contribution in [1.82, 2.24) is 4.90 Å². The summed E-state index contributed by atoms with van der Waals surface area (Å²) < 4.78 is 0. The van der Waals surface area contributed by atoms with Gasteiger partial charge in [0.05, 0.1) is 17.2 Å². The molecule has 0 spiro atoms. The highest BCUT2D eigenvalue weighted by Gasteiger charge is 2.38. The molecule has 156 valence electrons. The van der Waals surface area contributed by atoms with E-state index in [2.05, 4.69) is 10.6 Å². The second kappa shape index (κ2) is 8.69. The summed E-state index contributed by atoms with van der Waals surface area (Å²) in [7, 11) is 0. The summed E-state index contributed by atoms with van der Waals surface area (Å²) >= 11 is 0. The Balaban J connectivity index is 1.44. The van der Waals surface area contributed by atoms with E-state index in [4.69, 9.17) is 0 Å². The standard InChI is InChI=1S/C24H27N3O3/c1-16-7-6-8-18(13-16)25-24(30)20-11-4-5-12-21(20)26-23(29)17-14-22(28)27(15-17)19-9-2-3-10-19/h4-8,11-13,17,19H,2-3,9-10,14-15H2,1H3,(H,25,30)(H,26,29)/t17-/m0/s1. The van der Waals surface area contributed by atoms with Crippen molar-refractivity contribution >= 4 is 29.1 Å². The Morgan fingerprint density at radius 1 is 1.00 bits per heavy atom. The molecule has 1 saturated heterocycles. The lowest BCUT2D eigenvalue weighted by atomic mass is 10.1. The Labute approximate surface area is 176 Å². The summed E-state index contributed by atoms with van der Waals surface area (Å²) in [6, 6.07) is 14.8. The fraction of sp³-hybridized carbons (Fsp3) is 0.375. The van der Waals surface area contributed by atoms with Gasteiger partial charge in [-0.05, 0) is 49.6 Å². The molecule has 6 heteroatoms. The molecule has 1 atom stereocenters. The molecule has 4 rings (SSSR count). The fourth-order valence-electron chi connectivity index (χ4n) is 4.42. The summed E-state index contributed by atoms with van der Waals surface area (Å²) in [5, 5.41) is 5.76. The van der Waals surface area contributed by atoms with Gasteiger partial charge in [0.2, 0.25) is 11.8 Å². The zero-order valence-electron chi connectivity index (χ0n) is 17.2. The molecule has 2 aromatic carbocycles. The van der Waals surface area contributed by atoms with Crippen LogP contribution in [0, 0.1) is 12.8 Å². The van der Waals surface area contributed by atoms with Crippen molar-refractivity contribution in [3.8, 4) is 0 Å². The number of benzene rings is 2. The van der Waals surface area contributed by atoms with Crippen molar-refractivity contribution in [3.05, 3.63) is 59.7 Å². The van der Waals surface area contributed by atoms with Crippen molar-refractivity contribution in [3.63, 3.8) is 0 Å². The van der Waals surface area contributed by atoms with Gasteiger partial charge in [0.1, 0.15) is 0 Å². The quantitative estimate of drug-likeness (QED) is 0.790. The van der Waals surface area contributed by atoms with Crippen LogP contribution in [-0.2, 0) is 9.59 Å². The summed E-state index contributed by atoms with van der Waals surface area (Å²) in [6.45, 7) is 2.43. The third-order valence-electron chi connectivity index (χ3n) is 6.00. The number of likely N-dealkylation sites (tertiary alicyclic amines) is 1. The van der Waals surface area contributed by atoms with Crippen LogP contribution in [0.4, 0.5) is 11.4 Å². The average molecular weight is 405 g/mol. The number of carbonyl (C=O) groups excluding carboxylic acids is 3. The number of carbonyl (C=O) groups is 3. The number of nitrogens with zero attached hydrogens (tertiary/aromatic N) is 1. The van der Waals surface area contributed by atoms with Crippen molar-refractivity contribution in [2.45, 2.75) is 45.1 Å². The van der Waals surface area contributed by atoms with Crippen molar-refractivity contribution in [2.75, 3.05) is 17.2 Å². The Kier molecular flexibility index (Phi) is 5.84. The van der Waals surface area contributed by atoms with Gasteiger partial charge in [0.25, 0.3) is 5.91 Å². The van der Waals surface area contributed by atoms with Gasteiger partial charge in [-0.2, -0.15) is 0 Å². The summed E-state index contributed by atoms with van der Waals surface area (Å²) in [6.07, 6.45) is 4.59. The van der Waals surface area contributed by atoms with Gasteiger partial charge in [0, 0.05) is 24.7 Å². The first kappa shape index (κ1) is 20.1. The normalized spacial score (nSPS) is 19.2. The molecule has 2 aliphatic rings. The minimum atomic E-state index is -0.383. The van der Waals surface area contributed by atoms with E-state index >= 15 is 0 Å². The second-order valence-corrected chi connectivity index (χ2v) is 8.24. The van der Waals surface area contributed by atoms with Crippen molar-refractivity contribution in [1.29, 1.82) is 0 Å². The number of aryl methyl sites for hydroxylation is 1. The molecule has 1 aliphatic carbocycles. The molecule has 0 unspecified atom stereocenters. The molecule has 2 N–H and O–H groups in total. The Morgan fingerprint density at radius 3 is 2.53 bits per heavy atom. The van der Waals surface area contributed by atoms with E-state index in [0.29, 0.717) is 23.5 Å². The van der Waals surface area contributed by atoms with Gasteiger partial charge in [-0.1, -0.05) is 37.1 Å². The van der Waals surface area contributed by atoms with Crippen molar-refractivity contribution < 1.29 is 14.4 Å². The van der Waals surface area contributed by atoms with Crippen LogP contribution in [0.1, 0.15) is 48.0 Å². The van der Waals surface area contributed by atoms with Gasteiger partial charge in [0.15, 0.2) is 0 Å². The van der Waals surface area contributed by atoms with E-state index in [9.17, 15) is 14.4 Å². The Hall–Kier alpha value is -3.15. The fourth-order valence-corrected chi connectivity index (χ4v) is 4.42. The van der Waals surface area contributed by atoms with E-state index in [0.717, 1.165) is 31.2 Å². The predicted octanol–water partition coefficient (Wildman–Crippen LogP) is 3.98. The number of para-hydroxylation sites is 1. The first-order valence-electron chi connectivity index (χ1n) is 10.6. The minimum absolute atomic E-state index is 0.0625. The molecular weight excluding hydrogens is 378 g/mol. The molecule has 2 aromatic rings. The molecule has 0 radical (unpaired) electrons. The monoisotopic (exact) mass is 405 g/mol. The third kappa shape index (κ3) is 4.37. The summed E-state index contributed by atoms with van der Waals surface area (Å²) in [5.74, 6) is -0.815. The number of nitrogens with one attached hydrogen (secondary N) is 2. The van der Waals surface area contributed by atoms with Crippen molar-refractivity contribution in [2.24, 2.45) is 5.92 Å². The van der Waals surface area contributed by atoms with Gasteiger partial charge in [-0.15, -0.1) is 0 Å².